The Morgan fingerprint density at radius 1 is 1.22 bits per heavy atom. The summed E-state index contributed by atoms with van der Waals surface area (Å²) in [6.07, 6.45) is 11.0. The molecule has 0 aromatic heterocycles. The first kappa shape index (κ1) is 24.2. The van der Waals surface area contributed by atoms with E-state index in [0.29, 0.717) is 30.2 Å². The third-order valence-electron chi connectivity index (χ3n) is 9.48. The van der Waals surface area contributed by atoms with Crippen molar-refractivity contribution in [2.45, 2.75) is 84.0 Å². The first-order valence-electron chi connectivity index (χ1n) is 13.1. The highest BCUT2D eigenvalue weighted by Crippen LogP contribution is 2.59. The van der Waals surface area contributed by atoms with Crippen molar-refractivity contribution in [3.05, 3.63) is 35.5 Å². The van der Waals surface area contributed by atoms with Crippen molar-refractivity contribution in [3.63, 3.8) is 0 Å². The molecule has 0 spiro atoms. The molecule has 4 heteroatoms. The lowest BCUT2D eigenvalue weighted by Crippen LogP contribution is -2.52. The van der Waals surface area contributed by atoms with E-state index >= 15 is 0 Å². The van der Waals surface area contributed by atoms with Gasteiger partial charge in [-0.05, 0) is 86.8 Å². The first-order valence-corrected chi connectivity index (χ1v) is 13.1. The summed E-state index contributed by atoms with van der Waals surface area (Å²) in [4.78, 5) is 5.20. The van der Waals surface area contributed by atoms with Gasteiger partial charge in [-0.1, -0.05) is 38.2 Å². The van der Waals surface area contributed by atoms with Gasteiger partial charge >= 0.3 is 0 Å². The fraction of sp³-hybridized carbons (Fsp3) is 0.786. The van der Waals surface area contributed by atoms with Gasteiger partial charge in [-0.15, -0.1) is 0 Å². The number of aliphatic hydroxyl groups is 2. The van der Waals surface area contributed by atoms with E-state index in [9.17, 15) is 10.2 Å². The lowest BCUT2D eigenvalue weighted by atomic mass is 9.61. The van der Waals surface area contributed by atoms with Crippen molar-refractivity contribution < 1.29 is 10.2 Å². The number of allylic oxidation sites excluding steroid dienone is 3. The minimum absolute atomic E-state index is 0.403. The van der Waals surface area contributed by atoms with Crippen LogP contribution >= 0.6 is 0 Å². The lowest BCUT2D eigenvalue weighted by Gasteiger charge is -2.46. The highest BCUT2D eigenvalue weighted by atomic mass is 16.3. The zero-order chi connectivity index (χ0) is 23.0. The van der Waals surface area contributed by atoms with Crippen LogP contribution < -0.4 is 0 Å². The Kier molecular flexibility index (Phi) is 7.36. The van der Waals surface area contributed by atoms with Crippen LogP contribution in [0.2, 0.25) is 0 Å². The molecule has 0 unspecified atom stereocenters. The van der Waals surface area contributed by atoms with Gasteiger partial charge < -0.3 is 15.1 Å². The summed E-state index contributed by atoms with van der Waals surface area (Å²) in [7, 11) is 2.25. The molecule has 0 aromatic rings. The van der Waals surface area contributed by atoms with E-state index in [1.54, 1.807) is 5.57 Å². The molecule has 32 heavy (non-hydrogen) atoms. The molecule has 1 heterocycles. The van der Waals surface area contributed by atoms with E-state index in [2.05, 4.69) is 56.3 Å². The molecule has 0 amide bonds. The fourth-order valence-corrected chi connectivity index (χ4v) is 7.62. The molecule has 4 aliphatic rings. The van der Waals surface area contributed by atoms with Crippen LogP contribution in [-0.4, -0.2) is 71.5 Å². The van der Waals surface area contributed by atoms with Crippen LogP contribution in [0.1, 0.15) is 65.7 Å². The third kappa shape index (κ3) is 4.80. The quantitative estimate of drug-likeness (QED) is 0.677. The maximum Gasteiger partial charge on any atom is 0.0811 e. The van der Waals surface area contributed by atoms with Crippen LogP contribution in [0.25, 0.3) is 0 Å². The zero-order valence-electron chi connectivity index (χ0n) is 20.9. The number of hydrogen-bond acceptors (Lipinski definition) is 4. The highest BCUT2D eigenvalue weighted by molar-refractivity contribution is 5.38. The smallest absolute Gasteiger partial charge is 0.0811 e. The number of piperazine rings is 1. The summed E-state index contributed by atoms with van der Waals surface area (Å²) in [6, 6.07) is 0.656. The van der Waals surface area contributed by atoms with Crippen LogP contribution in [0.4, 0.5) is 0 Å². The normalized spacial score (nSPS) is 43.1. The summed E-state index contributed by atoms with van der Waals surface area (Å²) in [5.41, 5.74) is 3.82. The molecule has 1 aliphatic heterocycles. The SMILES string of the molecule is C=C1/C(=C\C=C2/CCC[C@]3(C)[C@@H]([C@H](C)CN4CCN(C)C[C@H]4C)CC[C@@H]23)C[C@@H](O)C[C@@H]1O. The number of nitrogens with zero attached hydrogens (tertiary/aromatic N) is 2. The maximum absolute atomic E-state index is 10.2. The van der Waals surface area contributed by atoms with Gasteiger partial charge in [0.25, 0.3) is 0 Å². The van der Waals surface area contributed by atoms with Crippen LogP contribution in [0.15, 0.2) is 35.5 Å². The summed E-state index contributed by atoms with van der Waals surface area (Å²) < 4.78 is 0. The fourth-order valence-electron chi connectivity index (χ4n) is 7.62. The molecule has 3 saturated carbocycles. The van der Waals surface area contributed by atoms with Gasteiger partial charge in [0.15, 0.2) is 0 Å². The second kappa shape index (κ2) is 9.74. The average Bonchev–Trinajstić information content (AvgIpc) is 3.09. The predicted octanol–water partition coefficient (Wildman–Crippen LogP) is 4.40. The molecule has 1 saturated heterocycles. The van der Waals surface area contributed by atoms with Gasteiger partial charge in [-0.25, -0.2) is 0 Å². The van der Waals surface area contributed by atoms with E-state index in [0.717, 1.165) is 23.0 Å². The van der Waals surface area contributed by atoms with E-state index in [4.69, 9.17) is 0 Å². The molecule has 2 N–H and O–H groups in total. The van der Waals surface area contributed by atoms with Crippen LogP contribution in [0.5, 0.6) is 0 Å². The molecule has 4 fully saturated rings. The van der Waals surface area contributed by atoms with E-state index < -0.39 is 12.2 Å². The van der Waals surface area contributed by atoms with Crippen molar-refractivity contribution in [3.8, 4) is 0 Å². The second-order valence-electron chi connectivity index (χ2n) is 11.7. The van der Waals surface area contributed by atoms with Crippen molar-refractivity contribution in [2.75, 3.05) is 33.2 Å². The average molecular weight is 443 g/mol. The van der Waals surface area contributed by atoms with Gasteiger partial charge in [0.2, 0.25) is 0 Å². The molecule has 7 atom stereocenters. The molecule has 0 bridgehead atoms. The zero-order valence-corrected chi connectivity index (χ0v) is 20.9. The Morgan fingerprint density at radius 3 is 2.75 bits per heavy atom. The van der Waals surface area contributed by atoms with Crippen molar-refractivity contribution in [2.24, 2.45) is 23.2 Å². The highest BCUT2D eigenvalue weighted by Gasteiger charge is 2.50. The Labute approximate surface area is 196 Å². The van der Waals surface area contributed by atoms with Gasteiger partial charge in [0, 0.05) is 38.6 Å². The minimum Gasteiger partial charge on any atom is -0.393 e. The topological polar surface area (TPSA) is 46.9 Å². The Hall–Kier alpha value is -0.940. The predicted molar refractivity (Wildman–Crippen MR) is 132 cm³/mol. The monoisotopic (exact) mass is 442 g/mol. The molecule has 0 radical (unpaired) electrons. The lowest BCUT2D eigenvalue weighted by molar-refractivity contribution is 0.0434. The largest absolute Gasteiger partial charge is 0.393 e. The molecule has 180 valence electrons. The van der Waals surface area contributed by atoms with Crippen molar-refractivity contribution >= 4 is 0 Å². The summed E-state index contributed by atoms with van der Waals surface area (Å²) in [5, 5.41) is 20.3. The van der Waals surface area contributed by atoms with Crippen LogP contribution in [0, 0.1) is 23.2 Å². The number of fused-ring (bicyclic) bond motifs is 1. The second-order valence-corrected chi connectivity index (χ2v) is 11.7. The van der Waals surface area contributed by atoms with Crippen LogP contribution in [-0.2, 0) is 0 Å². The Balaban J connectivity index is 1.46. The van der Waals surface area contributed by atoms with Crippen molar-refractivity contribution in [1.82, 2.24) is 9.80 Å². The third-order valence-corrected chi connectivity index (χ3v) is 9.48. The summed E-state index contributed by atoms with van der Waals surface area (Å²) in [5.74, 6) is 2.21. The Morgan fingerprint density at radius 2 is 2.00 bits per heavy atom. The number of likely N-dealkylation sites (N-methyl/N-ethyl adjacent to an activating group) is 1. The molecule has 0 aromatic carbocycles. The molecule has 4 rings (SSSR count). The van der Waals surface area contributed by atoms with Gasteiger partial charge in [-0.3, -0.25) is 4.90 Å². The van der Waals surface area contributed by atoms with E-state index in [-0.39, 0.29) is 0 Å². The molecular weight excluding hydrogens is 396 g/mol. The maximum atomic E-state index is 10.2. The van der Waals surface area contributed by atoms with E-state index in [1.165, 1.54) is 58.3 Å². The van der Waals surface area contributed by atoms with Crippen LogP contribution in [0.3, 0.4) is 0 Å². The van der Waals surface area contributed by atoms with Gasteiger partial charge in [-0.2, -0.15) is 0 Å². The summed E-state index contributed by atoms with van der Waals surface area (Å²) >= 11 is 0. The van der Waals surface area contributed by atoms with Crippen molar-refractivity contribution in [1.29, 1.82) is 0 Å². The van der Waals surface area contributed by atoms with Gasteiger partial charge in [0.1, 0.15) is 0 Å². The molecule has 3 aliphatic carbocycles. The molecule has 4 nitrogen and oxygen atoms in total. The van der Waals surface area contributed by atoms with E-state index in [1.807, 2.05) is 0 Å². The molecular formula is C28H46N2O2. The number of rotatable bonds is 4. The minimum atomic E-state index is -0.603. The standard InChI is InChI=1S/C28H46N2O2/c1-19(17-30-14-13-29(5)18-20(30)2)25-10-11-26-22(7-6-12-28(25,26)4)8-9-23-15-24(31)16-27(32)21(23)3/h8-9,19-20,24-27,31-32H,3,6-7,10-18H2,1-2,4-5H3/b22-8+,23-9-/t19-,20-,24-,25-,26+,27+,28-/m1/s1. The number of aliphatic hydroxyl groups excluding tert-OH is 2. The first-order chi connectivity index (χ1) is 15.2. The summed E-state index contributed by atoms with van der Waals surface area (Å²) in [6.45, 7) is 16.4. The Bertz CT molecular complexity index is 759. The number of hydrogen-bond donors (Lipinski definition) is 2. The van der Waals surface area contributed by atoms with Gasteiger partial charge in [0.05, 0.1) is 12.2 Å².